The number of aromatic nitrogens is 1. The lowest BCUT2D eigenvalue weighted by molar-refractivity contribution is 0.437. The summed E-state index contributed by atoms with van der Waals surface area (Å²) in [7, 11) is 0. The minimum Gasteiger partial charge on any atom is -0.357 e. The van der Waals surface area contributed by atoms with Crippen LogP contribution in [-0.4, -0.2) is 17.1 Å². The predicted octanol–water partition coefficient (Wildman–Crippen LogP) is 2.90. The standard InChI is InChI=1S/C15H20FN4/c1-2-18-12-5-3-4-6-13(12)20-15-14(16)11-9-17-7-10(11)8-19-15/h8,12-13,17H,3-7,9H2,1H3,(H,19,20)/q+1/t12-,13+/m0/s1. The van der Waals surface area contributed by atoms with E-state index in [-0.39, 0.29) is 17.9 Å². The molecule has 0 spiro atoms. The van der Waals surface area contributed by atoms with Crippen molar-refractivity contribution in [2.24, 2.45) is 0 Å². The molecule has 20 heavy (non-hydrogen) atoms. The first-order valence-electron chi connectivity index (χ1n) is 7.29. The van der Waals surface area contributed by atoms with E-state index in [1.54, 1.807) is 6.20 Å². The number of hydrogen-bond acceptors (Lipinski definition) is 3. The summed E-state index contributed by atoms with van der Waals surface area (Å²) < 4.78 is 14.4. The monoisotopic (exact) mass is 275 g/mol. The van der Waals surface area contributed by atoms with E-state index in [1.165, 1.54) is 6.42 Å². The Morgan fingerprint density at radius 2 is 2.25 bits per heavy atom. The summed E-state index contributed by atoms with van der Waals surface area (Å²) in [5.41, 5.74) is 1.72. The van der Waals surface area contributed by atoms with Crippen molar-refractivity contribution in [3.05, 3.63) is 28.0 Å². The van der Waals surface area contributed by atoms with Crippen molar-refractivity contribution in [2.45, 2.75) is 57.8 Å². The molecule has 2 heterocycles. The molecule has 2 atom stereocenters. The average Bonchev–Trinajstić information content (AvgIpc) is 2.93. The van der Waals surface area contributed by atoms with Crippen LogP contribution in [0.5, 0.6) is 0 Å². The van der Waals surface area contributed by atoms with Gasteiger partial charge >= 0.3 is 0 Å². The second-order valence-corrected chi connectivity index (χ2v) is 5.48. The lowest BCUT2D eigenvalue weighted by atomic mass is 9.91. The number of hydrogen-bond donors (Lipinski definition) is 2. The van der Waals surface area contributed by atoms with Gasteiger partial charge in [0.05, 0.1) is 6.92 Å². The Morgan fingerprint density at radius 3 is 3.10 bits per heavy atom. The van der Waals surface area contributed by atoms with E-state index in [0.29, 0.717) is 18.9 Å². The predicted molar refractivity (Wildman–Crippen MR) is 77.3 cm³/mol. The van der Waals surface area contributed by atoms with Crippen LogP contribution in [0.4, 0.5) is 10.2 Å². The van der Waals surface area contributed by atoms with Crippen LogP contribution in [0.3, 0.4) is 0 Å². The molecule has 2 N–H and O–H groups in total. The topological polar surface area (TPSA) is 41.3 Å². The van der Waals surface area contributed by atoms with E-state index in [0.717, 1.165) is 30.4 Å². The fourth-order valence-electron chi connectivity index (χ4n) is 3.10. The summed E-state index contributed by atoms with van der Waals surface area (Å²) in [5.74, 6) is 0.164. The van der Waals surface area contributed by atoms with Gasteiger partial charge in [0.2, 0.25) is 0 Å². The van der Waals surface area contributed by atoms with Crippen molar-refractivity contribution in [3.8, 4) is 6.07 Å². The van der Waals surface area contributed by atoms with Crippen LogP contribution in [0, 0.1) is 11.9 Å². The van der Waals surface area contributed by atoms with Crippen LogP contribution in [0.2, 0.25) is 0 Å². The van der Waals surface area contributed by atoms with Crippen LogP contribution >= 0.6 is 0 Å². The Balaban J connectivity index is 1.81. The first-order chi connectivity index (χ1) is 9.79. The number of fused-ring (bicyclic) bond motifs is 1. The number of rotatable bonds is 2. The molecule has 1 aromatic rings. The number of halogens is 1. The molecular weight excluding hydrogens is 255 g/mol. The van der Waals surface area contributed by atoms with Gasteiger partial charge in [-0.3, -0.25) is 0 Å². The fraction of sp³-hybridized carbons (Fsp3) is 0.600. The van der Waals surface area contributed by atoms with Crippen molar-refractivity contribution >= 4 is 5.82 Å². The van der Waals surface area contributed by atoms with Gasteiger partial charge in [0.1, 0.15) is 6.04 Å². The third-order valence-electron chi connectivity index (χ3n) is 4.17. The van der Waals surface area contributed by atoms with Gasteiger partial charge in [0, 0.05) is 31.3 Å². The molecule has 1 saturated carbocycles. The summed E-state index contributed by atoms with van der Waals surface area (Å²) >= 11 is 0. The van der Waals surface area contributed by atoms with Crippen LogP contribution in [0.15, 0.2) is 6.20 Å². The lowest BCUT2D eigenvalue weighted by Crippen LogP contribution is -2.35. The van der Waals surface area contributed by atoms with Gasteiger partial charge in [-0.05, 0) is 18.4 Å². The highest BCUT2D eigenvalue weighted by Gasteiger charge is 2.33. The number of anilines is 1. The second kappa shape index (κ2) is 5.76. The summed E-state index contributed by atoms with van der Waals surface area (Å²) in [6.45, 7) is 3.11. The van der Waals surface area contributed by atoms with Crippen LogP contribution in [-0.2, 0) is 13.1 Å². The van der Waals surface area contributed by atoms with Crippen LogP contribution in [0.1, 0.15) is 43.7 Å². The maximum Gasteiger partial charge on any atom is 0.292 e. The molecule has 1 aromatic heterocycles. The summed E-state index contributed by atoms with van der Waals surface area (Å²) in [4.78, 5) is 8.64. The van der Waals surface area contributed by atoms with E-state index in [2.05, 4.69) is 26.5 Å². The minimum atomic E-state index is -0.207. The highest BCUT2D eigenvalue weighted by atomic mass is 19.1. The fourth-order valence-corrected chi connectivity index (χ4v) is 3.10. The molecule has 0 bridgehead atoms. The van der Waals surface area contributed by atoms with E-state index in [4.69, 9.17) is 0 Å². The Bertz CT molecular complexity index is 561. The summed E-state index contributed by atoms with van der Waals surface area (Å²) in [5, 5.41) is 6.42. The van der Waals surface area contributed by atoms with Gasteiger partial charge in [-0.15, -0.1) is 0 Å². The van der Waals surface area contributed by atoms with Crippen LogP contribution < -0.4 is 10.6 Å². The molecule has 0 amide bonds. The second-order valence-electron chi connectivity index (χ2n) is 5.48. The van der Waals surface area contributed by atoms with Crippen molar-refractivity contribution in [2.75, 3.05) is 5.32 Å². The molecule has 4 nitrogen and oxygen atoms in total. The lowest BCUT2D eigenvalue weighted by Gasteiger charge is -2.23. The molecular formula is C15H20FN4+. The first-order valence-corrected chi connectivity index (χ1v) is 7.29. The Labute approximate surface area is 118 Å². The highest BCUT2D eigenvalue weighted by molar-refractivity contribution is 5.46. The van der Waals surface area contributed by atoms with Gasteiger partial charge in [-0.25, -0.2) is 9.37 Å². The SMILES string of the molecule is CC#[N+][C@H]1CCCC[C@H]1Nc1ncc2c(c1F)CNC2. The van der Waals surface area contributed by atoms with Gasteiger partial charge in [-0.2, -0.15) is 0 Å². The molecule has 106 valence electrons. The highest BCUT2D eigenvalue weighted by Crippen LogP contribution is 2.28. The van der Waals surface area contributed by atoms with E-state index < -0.39 is 0 Å². The van der Waals surface area contributed by atoms with Gasteiger partial charge < -0.3 is 10.6 Å². The van der Waals surface area contributed by atoms with Gasteiger partial charge in [0.25, 0.3) is 12.1 Å². The molecule has 2 aliphatic rings. The molecule has 1 fully saturated rings. The van der Waals surface area contributed by atoms with Crippen molar-refractivity contribution < 1.29 is 4.39 Å². The summed E-state index contributed by atoms with van der Waals surface area (Å²) in [6.07, 6.45) is 6.15. The Hall–Kier alpha value is -1.67. The quantitative estimate of drug-likeness (QED) is 0.872. The Kier molecular flexibility index (Phi) is 3.83. The van der Waals surface area contributed by atoms with E-state index in [1.807, 2.05) is 6.92 Å². The zero-order valence-electron chi connectivity index (χ0n) is 11.7. The molecule has 0 radical (unpaired) electrons. The summed E-state index contributed by atoms with van der Waals surface area (Å²) in [6, 6.07) is 3.21. The zero-order chi connectivity index (χ0) is 13.9. The van der Waals surface area contributed by atoms with E-state index in [9.17, 15) is 4.39 Å². The van der Waals surface area contributed by atoms with Crippen molar-refractivity contribution in [1.82, 2.24) is 10.3 Å². The Morgan fingerprint density at radius 1 is 1.40 bits per heavy atom. The maximum atomic E-state index is 14.4. The zero-order valence-corrected chi connectivity index (χ0v) is 11.7. The number of nitrogens with zero attached hydrogens (tertiary/aromatic N) is 2. The van der Waals surface area contributed by atoms with Crippen LogP contribution in [0.25, 0.3) is 4.85 Å². The van der Waals surface area contributed by atoms with Gasteiger partial charge in [0.15, 0.2) is 11.6 Å². The third kappa shape index (κ3) is 2.48. The first kappa shape index (κ1) is 13.3. The van der Waals surface area contributed by atoms with E-state index >= 15 is 0 Å². The number of pyridine rings is 1. The molecule has 0 saturated heterocycles. The molecule has 1 aliphatic heterocycles. The molecule has 0 aromatic carbocycles. The molecule has 1 aliphatic carbocycles. The average molecular weight is 275 g/mol. The minimum absolute atomic E-state index is 0.158. The molecule has 0 unspecified atom stereocenters. The van der Waals surface area contributed by atoms with Crippen molar-refractivity contribution in [1.29, 1.82) is 0 Å². The number of nitrogens with one attached hydrogen (secondary N) is 2. The van der Waals surface area contributed by atoms with Crippen molar-refractivity contribution in [3.63, 3.8) is 0 Å². The van der Waals surface area contributed by atoms with Gasteiger partial charge in [-0.1, -0.05) is 11.3 Å². The maximum absolute atomic E-state index is 14.4. The largest absolute Gasteiger partial charge is 0.357 e. The normalized spacial score (nSPS) is 24.7. The smallest absolute Gasteiger partial charge is 0.292 e. The molecule has 3 rings (SSSR count). The molecule has 5 heteroatoms. The third-order valence-corrected chi connectivity index (χ3v) is 4.17.